The molecule has 2 aromatic carbocycles. The van der Waals surface area contributed by atoms with Crippen LogP contribution in [0.4, 0.5) is 0 Å². The molecule has 1 nitrogen and oxygen atoms in total. The zero-order valence-corrected chi connectivity index (χ0v) is 14.3. The smallest absolute Gasteiger partial charge is 0.0558 e. The molecule has 0 N–H and O–H groups in total. The Kier molecular flexibility index (Phi) is 3.72. The average molecular weight is 330 g/mol. The molecule has 4 rings (SSSR count). The Balaban J connectivity index is 1.75. The maximum absolute atomic E-state index is 6.06. The number of piperidine rings is 1. The van der Waals surface area contributed by atoms with E-state index in [1.54, 1.807) is 5.56 Å². The van der Waals surface area contributed by atoms with Crippen LogP contribution >= 0.6 is 23.4 Å². The summed E-state index contributed by atoms with van der Waals surface area (Å²) in [7, 11) is 2.23. The lowest BCUT2D eigenvalue weighted by Crippen LogP contribution is -2.37. The number of fused-ring (bicyclic) bond motifs is 2. The van der Waals surface area contributed by atoms with Crippen molar-refractivity contribution in [3.63, 3.8) is 0 Å². The van der Waals surface area contributed by atoms with Crippen LogP contribution in [0.15, 0.2) is 48.5 Å². The van der Waals surface area contributed by atoms with Gasteiger partial charge in [-0.05, 0) is 61.8 Å². The fraction of sp³-hybridized carbons (Fsp3) is 0.368. The highest BCUT2D eigenvalue weighted by molar-refractivity contribution is 8.01. The van der Waals surface area contributed by atoms with Crippen molar-refractivity contribution in [2.75, 3.05) is 20.1 Å². The summed E-state index contributed by atoms with van der Waals surface area (Å²) in [5.74, 6) is 0. The number of likely N-dealkylation sites (tertiary alicyclic amines) is 1. The topological polar surface area (TPSA) is 3.24 Å². The maximum atomic E-state index is 6.06. The van der Waals surface area contributed by atoms with Crippen LogP contribution in [-0.4, -0.2) is 25.0 Å². The van der Waals surface area contributed by atoms with E-state index < -0.39 is 0 Å². The second kappa shape index (κ2) is 5.59. The normalized spacial score (nSPS) is 23.6. The van der Waals surface area contributed by atoms with E-state index in [-0.39, 0.29) is 0 Å². The molecule has 3 heteroatoms. The zero-order valence-electron chi connectivity index (χ0n) is 12.8. The summed E-state index contributed by atoms with van der Waals surface area (Å²) in [5.41, 5.74) is 4.44. The van der Waals surface area contributed by atoms with Crippen molar-refractivity contribution < 1.29 is 0 Å². The fourth-order valence-corrected chi connectivity index (χ4v) is 5.68. The zero-order chi connectivity index (χ0) is 15.2. The van der Waals surface area contributed by atoms with Crippen molar-refractivity contribution in [1.29, 1.82) is 0 Å². The largest absolute Gasteiger partial charge is 0.306 e. The Morgan fingerprint density at radius 1 is 1.05 bits per heavy atom. The van der Waals surface area contributed by atoms with Crippen LogP contribution in [-0.2, 0) is 4.75 Å². The van der Waals surface area contributed by atoms with Crippen molar-refractivity contribution >= 4 is 23.4 Å². The summed E-state index contributed by atoms with van der Waals surface area (Å²) in [5, 5.41) is 1.26. The molecule has 114 valence electrons. The van der Waals surface area contributed by atoms with E-state index >= 15 is 0 Å². The Labute approximate surface area is 141 Å². The van der Waals surface area contributed by atoms with E-state index in [1.807, 2.05) is 12.1 Å². The van der Waals surface area contributed by atoms with Gasteiger partial charge in [-0.3, -0.25) is 0 Å². The minimum atomic E-state index is 0.299. The molecule has 1 atom stereocenters. The Morgan fingerprint density at radius 3 is 2.45 bits per heavy atom. The summed E-state index contributed by atoms with van der Waals surface area (Å²) in [6.07, 6.45) is 2.49. The van der Waals surface area contributed by atoms with Crippen molar-refractivity contribution in [2.45, 2.75) is 22.8 Å². The Bertz CT molecular complexity index is 674. The summed E-state index contributed by atoms with van der Waals surface area (Å²) < 4.78 is 0.299. The molecule has 0 saturated carbocycles. The molecule has 22 heavy (non-hydrogen) atoms. The summed E-state index contributed by atoms with van der Waals surface area (Å²) in [4.78, 5) is 2.45. The van der Waals surface area contributed by atoms with Crippen LogP contribution in [0.1, 0.15) is 34.8 Å². The van der Waals surface area contributed by atoms with Gasteiger partial charge in [0.2, 0.25) is 0 Å². The van der Waals surface area contributed by atoms with E-state index in [4.69, 9.17) is 11.6 Å². The summed E-state index contributed by atoms with van der Waals surface area (Å²) in [6.45, 7) is 2.38. The highest BCUT2D eigenvalue weighted by Gasteiger charge is 2.45. The molecule has 0 unspecified atom stereocenters. The quantitative estimate of drug-likeness (QED) is 0.716. The van der Waals surface area contributed by atoms with Gasteiger partial charge in [0.15, 0.2) is 0 Å². The summed E-state index contributed by atoms with van der Waals surface area (Å²) in [6, 6.07) is 17.4. The van der Waals surface area contributed by atoms with E-state index in [0.29, 0.717) is 10.00 Å². The third-order valence-corrected chi connectivity index (χ3v) is 7.14. The van der Waals surface area contributed by atoms with Crippen LogP contribution in [0.3, 0.4) is 0 Å². The van der Waals surface area contributed by atoms with Gasteiger partial charge in [0.1, 0.15) is 0 Å². The van der Waals surface area contributed by atoms with Crippen molar-refractivity contribution in [3.8, 4) is 0 Å². The highest BCUT2D eigenvalue weighted by atomic mass is 35.5. The second-order valence-corrected chi connectivity index (χ2v) is 8.36. The van der Waals surface area contributed by atoms with Gasteiger partial charge in [-0.15, -0.1) is 11.8 Å². The highest BCUT2D eigenvalue weighted by Crippen LogP contribution is 2.61. The first-order chi connectivity index (χ1) is 10.7. The number of rotatable bonds is 1. The molecule has 1 fully saturated rings. The van der Waals surface area contributed by atoms with E-state index in [9.17, 15) is 0 Å². The van der Waals surface area contributed by atoms with Gasteiger partial charge in [-0.2, -0.15) is 0 Å². The first-order valence-corrected chi connectivity index (χ1v) is 9.15. The molecule has 2 heterocycles. The number of halogens is 1. The van der Waals surface area contributed by atoms with Crippen LogP contribution in [0, 0.1) is 0 Å². The lowest BCUT2D eigenvalue weighted by atomic mass is 9.84. The van der Waals surface area contributed by atoms with E-state index in [1.165, 1.54) is 37.1 Å². The minimum Gasteiger partial charge on any atom is -0.306 e. The molecule has 2 aliphatic heterocycles. The second-order valence-electron chi connectivity index (χ2n) is 6.43. The molecule has 1 spiro atoms. The van der Waals surface area contributed by atoms with E-state index in [2.05, 4.69) is 60.1 Å². The lowest BCUT2D eigenvalue weighted by Gasteiger charge is -2.38. The Morgan fingerprint density at radius 2 is 1.73 bits per heavy atom. The molecule has 0 aromatic heterocycles. The van der Waals surface area contributed by atoms with Crippen LogP contribution in [0.2, 0.25) is 5.02 Å². The van der Waals surface area contributed by atoms with Gasteiger partial charge in [-0.1, -0.05) is 48.0 Å². The number of nitrogens with zero attached hydrogens (tertiary/aromatic N) is 1. The molecule has 0 radical (unpaired) electrons. The molecule has 0 aliphatic carbocycles. The molecular weight excluding hydrogens is 310 g/mol. The van der Waals surface area contributed by atoms with E-state index in [0.717, 1.165) is 5.02 Å². The van der Waals surface area contributed by atoms with Gasteiger partial charge in [0.25, 0.3) is 0 Å². The number of hydrogen-bond acceptors (Lipinski definition) is 2. The first-order valence-electron chi connectivity index (χ1n) is 7.89. The maximum Gasteiger partial charge on any atom is 0.0558 e. The molecule has 2 aromatic rings. The standard InChI is InChI=1S/C19H20ClNS/c1-21-12-10-19(11-13-21)17-5-3-2-4-16(17)18(22-19)14-6-8-15(20)9-7-14/h2-9,18H,10-13H2,1H3/t18-/m0/s1. The average Bonchev–Trinajstić information content (AvgIpc) is 2.87. The SMILES string of the molecule is CN1CCC2(CC1)S[C@@H](c1ccc(Cl)cc1)c1ccccc12. The van der Waals surface area contributed by atoms with Crippen molar-refractivity contribution in [1.82, 2.24) is 4.90 Å². The predicted molar refractivity (Wildman–Crippen MR) is 95.7 cm³/mol. The molecule has 1 saturated heterocycles. The number of benzene rings is 2. The van der Waals surface area contributed by atoms with Crippen LogP contribution in [0.5, 0.6) is 0 Å². The third kappa shape index (κ3) is 2.38. The molecule has 0 bridgehead atoms. The third-order valence-electron chi connectivity index (χ3n) is 5.05. The van der Waals surface area contributed by atoms with Gasteiger partial charge >= 0.3 is 0 Å². The summed E-state index contributed by atoms with van der Waals surface area (Å²) >= 11 is 8.22. The van der Waals surface area contributed by atoms with Crippen LogP contribution in [0.25, 0.3) is 0 Å². The molecule has 0 amide bonds. The first kappa shape index (κ1) is 14.6. The molecular formula is C19H20ClNS. The van der Waals surface area contributed by atoms with Gasteiger partial charge < -0.3 is 4.90 Å². The van der Waals surface area contributed by atoms with Crippen molar-refractivity contribution in [3.05, 3.63) is 70.2 Å². The predicted octanol–water partition coefficient (Wildman–Crippen LogP) is 5.10. The van der Waals surface area contributed by atoms with Crippen molar-refractivity contribution in [2.24, 2.45) is 0 Å². The Hall–Kier alpha value is -0.960. The van der Waals surface area contributed by atoms with Gasteiger partial charge in [0.05, 0.1) is 5.25 Å². The molecule has 2 aliphatic rings. The monoisotopic (exact) mass is 329 g/mol. The van der Waals surface area contributed by atoms with Gasteiger partial charge in [-0.25, -0.2) is 0 Å². The van der Waals surface area contributed by atoms with Gasteiger partial charge in [0, 0.05) is 9.77 Å². The minimum absolute atomic E-state index is 0.299. The fourth-order valence-electron chi connectivity index (χ4n) is 3.75. The lowest BCUT2D eigenvalue weighted by molar-refractivity contribution is 0.241. The van der Waals surface area contributed by atoms with Crippen LogP contribution < -0.4 is 0 Å². The number of thioether (sulfide) groups is 1. The number of hydrogen-bond donors (Lipinski definition) is 0.